The van der Waals surface area contributed by atoms with E-state index in [1.807, 2.05) is 10.9 Å². The smallest absolute Gasteiger partial charge is 0.287 e. The van der Waals surface area contributed by atoms with E-state index in [0.29, 0.717) is 5.39 Å². The Kier molecular flexibility index (Phi) is 3.96. The van der Waals surface area contributed by atoms with Crippen LogP contribution in [0.2, 0.25) is 0 Å². The number of hydrogen-bond acceptors (Lipinski definition) is 5. The van der Waals surface area contributed by atoms with Crippen LogP contribution in [-0.2, 0) is 17.1 Å². The molecule has 0 bridgehead atoms. The van der Waals surface area contributed by atoms with Gasteiger partial charge in [-0.15, -0.1) is 4.83 Å². The highest BCUT2D eigenvalue weighted by molar-refractivity contribution is 7.89. The molecule has 9 heteroatoms. The molecule has 3 N–H and O–H groups in total. The summed E-state index contributed by atoms with van der Waals surface area (Å²) in [5.41, 5.74) is 2.98. The number of aromatic hydroxyl groups is 1. The molecule has 0 aliphatic heterocycles. The third kappa shape index (κ3) is 2.94. The number of phenols is 1. The van der Waals surface area contributed by atoms with Crippen LogP contribution >= 0.6 is 0 Å². The van der Waals surface area contributed by atoms with E-state index in [2.05, 4.69) is 10.5 Å². The van der Waals surface area contributed by atoms with Gasteiger partial charge >= 0.3 is 0 Å². The van der Waals surface area contributed by atoms with Gasteiger partial charge in [-0.1, -0.05) is 24.3 Å². The van der Waals surface area contributed by atoms with Crippen molar-refractivity contribution < 1.29 is 18.3 Å². The Bertz CT molecular complexity index is 1030. The average molecular weight is 346 g/mol. The zero-order valence-corrected chi connectivity index (χ0v) is 13.4. The summed E-state index contributed by atoms with van der Waals surface area (Å²) in [7, 11) is -2.32. The summed E-state index contributed by atoms with van der Waals surface area (Å²) < 4.78 is 25.8. The number of phenolic OH excluding ortho intramolecular Hbond substituents is 1. The number of sulfonamides is 1. The summed E-state index contributed by atoms with van der Waals surface area (Å²) >= 11 is 0. The number of rotatable bonds is 4. The van der Waals surface area contributed by atoms with Crippen LogP contribution in [0.5, 0.6) is 5.75 Å². The fourth-order valence-electron chi connectivity index (χ4n) is 2.26. The number of aromatic nitrogens is 2. The lowest BCUT2D eigenvalue weighted by atomic mass is 10.2. The Balaban J connectivity index is 1.82. The Hall–Kier alpha value is -2.91. The molecule has 0 aliphatic rings. The number of aryl methyl sites for hydroxylation is 1. The quantitative estimate of drug-likeness (QED) is 0.608. The van der Waals surface area contributed by atoms with Gasteiger partial charge in [-0.05, 0) is 24.3 Å². The summed E-state index contributed by atoms with van der Waals surface area (Å²) in [5.74, 6) is -0.879. The number of hydrogen-bond donors (Lipinski definition) is 3. The minimum Gasteiger partial charge on any atom is -0.508 e. The van der Waals surface area contributed by atoms with Gasteiger partial charge in [0.15, 0.2) is 5.69 Å². The molecule has 8 nitrogen and oxygen atoms in total. The molecule has 1 heterocycles. The van der Waals surface area contributed by atoms with Crippen LogP contribution in [0.3, 0.4) is 0 Å². The van der Waals surface area contributed by atoms with Gasteiger partial charge in [0.25, 0.3) is 15.9 Å². The molecule has 124 valence electrons. The lowest BCUT2D eigenvalue weighted by molar-refractivity contribution is 0.0941. The molecule has 0 atom stereocenters. The van der Waals surface area contributed by atoms with Crippen molar-refractivity contribution in [1.29, 1.82) is 0 Å². The van der Waals surface area contributed by atoms with E-state index in [1.165, 1.54) is 22.9 Å². The first kappa shape index (κ1) is 16.0. The van der Waals surface area contributed by atoms with Gasteiger partial charge < -0.3 is 5.11 Å². The third-order valence-corrected chi connectivity index (χ3v) is 4.65. The Morgan fingerprint density at radius 2 is 1.92 bits per heavy atom. The number of carbonyl (C=O) groups excluding carboxylic acids is 1. The van der Waals surface area contributed by atoms with Gasteiger partial charge in [0, 0.05) is 12.4 Å². The molecule has 24 heavy (non-hydrogen) atoms. The lowest BCUT2D eigenvalue weighted by Crippen LogP contribution is -2.41. The molecule has 1 amide bonds. The van der Waals surface area contributed by atoms with Crippen LogP contribution in [0.4, 0.5) is 0 Å². The number of amides is 1. The van der Waals surface area contributed by atoms with Gasteiger partial charge in [-0.2, -0.15) is 5.10 Å². The second kappa shape index (κ2) is 5.95. The Morgan fingerprint density at radius 1 is 1.17 bits per heavy atom. The van der Waals surface area contributed by atoms with Crippen LogP contribution in [0.15, 0.2) is 53.4 Å². The van der Waals surface area contributed by atoms with E-state index in [9.17, 15) is 18.3 Å². The van der Waals surface area contributed by atoms with Crippen LogP contribution < -0.4 is 10.3 Å². The topological polar surface area (TPSA) is 113 Å². The Labute approximate surface area is 137 Å². The molecular weight excluding hydrogens is 332 g/mol. The van der Waals surface area contributed by atoms with E-state index < -0.39 is 15.9 Å². The molecule has 0 spiro atoms. The molecule has 0 saturated carbocycles. The first-order valence-electron chi connectivity index (χ1n) is 6.91. The fraction of sp³-hybridized carbons (Fsp3) is 0.0667. The molecule has 3 aromatic rings. The minimum atomic E-state index is -4.01. The molecule has 1 aromatic heterocycles. The highest BCUT2D eigenvalue weighted by Crippen LogP contribution is 2.18. The summed E-state index contributed by atoms with van der Waals surface area (Å²) in [6.45, 7) is 0. The van der Waals surface area contributed by atoms with E-state index >= 15 is 0 Å². The Morgan fingerprint density at radius 3 is 2.67 bits per heavy atom. The summed E-state index contributed by atoms with van der Waals surface area (Å²) in [4.78, 5) is 14.1. The zero-order valence-electron chi connectivity index (χ0n) is 12.6. The summed E-state index contributed by atoms with van der Waals surface area (Å²) in [6.07, 6.45) is 0. The van der Waals surface area contributed by atoms with E-state index in [1.54, 1.807) is 25.2 Å². The largest absolute Gasteiger partial charge is 0.508 e. The minimum absolute atomic E-state index is 0.103. The monoisotopic (exact) mass is 346 g/mol. The summed E-state index contributed by atoms with van der Waals surface area (Å²) in [6, 6.07) is 12.2. The van der Waals surface area contributed by atoms with Crippen LogP contribution in [0.1, 0.15) is 10.5 Å². The first-order valence-corrected chi connectivity index (χ1v) is 8.40. The molecule has 3 rings (SSSR count). The predicted octanol–water partition coefficient (Wildman–Crippen LogP) is 0.902. The van der Waals surface area contributed by atoms with Crippen LogP contribution in [0.25, 0.3) is 10.9 Å². The maximum atomic E-state index is 12.3. The first-order chi connectivity index (χ1) is 11.4. The zero-order chi connectivity index (χ0) is 17.3. The van der Waals surface area contributed by atoms with Gasteiger partial charge in [0.05, 0.1) is 10.4 Å². The number of carbonyl (C=O) groups is 1. The van der Waals surface area contributed by atoms with Crippen LogP contribution in [0, 0.1) is 0 Å². The van der Waals surface area contributed by atoms with Crippen molar-refractivity contribution in [1.82, 2.24) is 20.0 Å². The molecule has 2 aromatic carbocycles. The van der Waals surface area contributed by atoms with Crippen molar-refractivity contribution in [2.24, 2.45) is 7.05 Å². The standard InChI is InChI=1S/C15H14N4O4S/c1-19-13-8-3-2-7-12(13)14(17-19)15(21)16-18-24(22,23)11-6-4-5-10(20)9-11/h2-9,18,20H,1H3,(H,16,21). The van der Waals surface area contributed by atoms with E-state index in [-0.39, 0.29) is 16.3 Å². The van der Waals surface area contributed by atoms with Gasteiger partial charge in [-0.25, -0.2) is 8.42 Å². The molecule has 0 aliphatic carbocycles. The average Bonchev–Trinajstić information content (AvgIpc) is 2.90. The molecule has 0 saturated heterocycles. The second-order valence-electron chi connectivity index (χ2n) is 5.05. The predicted molar refractivity (Wildman–Crippen MR) is 86.6 cm³/mol. The molecule has 0 radical (unpaired) electrons. The number of benzene rings is 2. The second-order valence-corrected chi connectivity index (χ2v) is 6.73. The maximum Gasteiger partial charge on any atom is 0.287 e. The van der Waals surface area contributed by atoms with Crippen molar-refractivity contribution >= 4 is 26.8 Å². The normalized spacial score (nSPS) is 11.5. The highest BCUT2D eigenvalue weighted by Gasteiger charge is 2.19. The van der Waals surface area contributed by atoms with Gasteiger partial charge in [0.2, 0.25) is 0 Å². The molecule has 0 unspecified atom stereocenters. The van der Waals surface area contributed by atoms with Crippen molar-refractivity contribution in [3.63, 3.8) is 0 Å². The number of nitrogens with zero attached hydrogens (tertiary/aromatic N) is 2. The fourth-order valence-corrected chi connectivity index (χ4v) is 3.14. The highest BCUT2D eigenvalue weighted by atomic mass is 32.2. The molecular formula is C15H14N4O4S. The van der Waals surface area contributed by atoms with Crippen LogP contribution in [-0.4, -0.2) is 29.2 Å². The van der Waals surface area contributed by atoms with E-state index in [4.69, 9.17) is 0 Å². The third-order valence-electron chi connectivity index (χ3n) is 3.40. The SMILES string of the molecule is Cn1nc(C(=O)NNS(=O)(=O)c2cccc(O)c2)c2ccccc21. The van der Waals surface area contributed by atoms with Crippen molar-refractivity contribution in [2.75, 3.05) is 0 Å². The molecule has 0 fully saturated rings. The summed E-state index contributed by atoms with van der Waals surface area (Å²) in [5, 5.41) is 14.1. The van der Waals surface area contributed by atoms with Gasteiger partial charge in [-0.3, -0.25) is 14.9 Å². The lowest BCUT2D eigenvalue weighted by Gasteiger charge is -2.07. The number of nitrogens with one attached hydrogen (secondary N) is 2. The number of para-hydroxylation sites is 1. The number of hydrazine groups is 1. The number of fused-ring (bicyclic) bond motifs is 1. The van der Waals surface area contributed by atoms with Crippen molar-refractivity contribution in [3.05, 3.63) is 54.2 Å². The maximum absolute atomic E-state index is 12.3. The van der Waals surface area contributed by atoms with Crippen molar-refractivity contribution in [2.45, 2.75) is 4.90 Å². The van der Waals surface area contributed by atoms with Gasteiger partial charge in [0.1, 0.15) is 5.75 Å². The van der Waals surface area contributed by atoms with Crippen molar-refractivity contribution in [3.8, 4) is 5.75 Å². The van der Waals surface area contributed by atoms with E-state index in [0.717, 1.165) is 11.6 Å².